The SMILES string of the molecule is CC1(N)CC1(C)C(N)=O. The molecule has 3 nitrogen and oxygen atoms in total. The van der Waals surface area contributed by atoms with E-state index in [1.807, 2.05) is 6.92 Å². The molecule has 0 radical (unpaired) electrons. The van der Waals surface area contributed by atoms with Gasteiger partial charge in [0.25, 0.3) is 0 Å². The topological polar surface area (TPSA) is 69.1 Å². The molecule has 4 N–H and O–H groups in total. The van der Waals surface area contributed by atoms with E-state index in [9.17, 15) is 4.79 Å². The molecule has 1 amide bonds. The molecule has 0 saturated heterocycles. The lowest BCUT2D eigenvalue weighted by Gasteiger charge is -2.08. The van der Waals surface area contributed by atoms with Gasteiger partial charge in [0, 0.05) is 5.54 Å². The van der Waals surface area contributed by atoms with Gasteiger partial charge in [-0.25, -0.2) is 0 Å². The van der Waals surface area contributed by atoms with Crippen LogP contribution in [0.15, 0.2) is 0 Å². The van der Waals surface area contributed by atoms with Crippen LogP contribution in [0, 0.1) is 5.41 Å². The molecule has 1 aliphatic carbocycles. The molecule has 9 heavy (non-hydrogen) atoms. The van der Waals surface area contributed by atoms with Crippen molar-refractivity contribution in [2.24, 2.45) is 16.9 Å². The van der Waals surface area contributed by atoms with E-state index in [2.05, 4.69) is 0 Å². The number of hydrogen-bond acceptors (Lipinski definition) is 2. The van der Waals surface area contributed by atoms with Gasteiger partial charge in [-0.15, -0.1) is 0 Å². The summed E-state index contributed by atoms with van der Waals surface area (Å²) in [5, 5.41) is 0. The summed E-state index contributed by atoms with van der Waals surface area (Å²) in [6.45, 7) is 3.65. The van der Waals surface area contributed by atoms with E-state index in [0.29, 0.717) is 0 Å². The van der Waals surface area contributed by atoms with Gasteiger partial charge in [0.2, 0.25) is 5.91 Å². The number of amides is 1. The van der Waals surface area contributed by atoms with Crippen LogP contribution in [0.5, 0.6) is 0 Å². The Hall–Kier alpha value is -0.570. The van der Waals surface area contributed by atoms with E-state index in [1.165, 1.54) is 0 Å². The van der Waals surface area contributed by atoms with Gasteiger partial charge in [0.05, 0.1) is 5.41 Å². The zero-order valence-electron chi connectivity index (χ0n) is 5.77. The molecule has 0 aromatic rings. The van der Waals surface area contributed by atoms with Crippen molar-refractivity contribution in [3.63, 3.8) is 0 Å². The van der Waals surface area contributed by atoms with Gasteiger partial charge in [-0.1, -0.05) is 0 Å². The second-order valence-electron chi connectivity index (χ2n) is 3.29. The van der Waals surface area contributed by atoms with Gasteiger partial charge in [0.1, 0.15) is 0 Å². The van der Waals surface area contributed by atoms with E-state index in [0.717, 1.165) is 6.42 Å². The molecular weight excluding hydrogens is 116 g/mol. The molecule has 0 bridgehead atoms. The molecule has 52 valence electrons. The first-order valence-corrected chi connectivity index (χ1v) is 2.99. The Morgan fingerprint density at radius 2 is 1.89 bits per heavy atom. The predicted octanol–water partition coefficient (Wildman–Crippen LogP) is -0.401. The Balaban J connectivity index is 2.74. The van der Waals surface area contributed by atoms with Crippen LogP contribution in [-0.2, 0) is 4.79 Å². The summed E-state index contributed by atoms with van der Waals surface area (Å²) in [5.74, 6) is -0.285. The average Bonchev–Trinajstić information content (AvgIpc) is 2.08. The quantitative estimate of drug-likeness (QED) is 0.504. The van der Waals surface area contributed by atoms with Crippen molar-refractivity contribution in [2.45, 2.75) is 25.8 Å². The first kappa shape index (κ1) is 6.55. The van der Waals surface area contributed by atoms with Gasteiger partial charge < -0.3 is 11.5 Å². The number of primary amides is 1. The van der Waals surface area contributed by atoms with Gasteiger partial charge in [-0.3, -0.25) is 4.79 Å². The van der Waals surface area contributed by atoms with E-state index >= 15 is 0 Å². The molecule has 3 heteroatoms. The smallest absolute Gasteiger partial charge is 0.225 e. The maximum absolute atomic E-state index is 10.6. The lowest BCUT2D eigenvalue weighted by atomic mass is 10.0. The molecule has 0 aliphatic heterocycles. The first-order chi connectivity index (χ1) is 3.90. The van der Waals surface area contributed by atoms with Crippen LogP contribution >= 0.6 is 0 Å². The number of nitrogens with two attached hydrogens (primary N) is 2. The van der Waals surface area contributed by atoms with Crippen molar-refractivity contribution in [2.75, 3.05) is 0 Å². The largest absolute Gasteiger partial charge is 0.369 e. The van der Waals surface area contributed by atoms with Crippen molar-refractivity contribution in [3.05, 3.63) is 0 Å². The van der Waals surface area contributed by atoms with Gasteiger partial charge >= 0.3 is 0 Å². The Bertz CT molecular complexity index is 164. The van der Waals surface area contributed by atoms with Crippen LogP contribution in [0.25, 0.3) is 0 Å². The summed E-state index contributed by atoms with van der Waals surface area (Å²) in [7, 11) is 0. The van der Waals surface area contributed by atoms with Crippen molar-refractivity contribution in [3.8, 4) is 0 Å². The molecule has 0 heterocycles. The summed E-state index contributed by atoms with van der Waals surface area (Å²) >= 11 is 0. The summed E-state index contributed by atoms with van der Waals surface area (Å²) < 4.78 is 0. The van der Waals surface area contributed by atoms with Gasteiger partial charge in [0.15, 0.2) is 0 Å². The Morgan fingerprint density at radius 1 is 1.56 bits per heavy atom. The van der Waals surface area contributed by atoms with E-state index in [1.54, 1.807) is 6.92 Å². The van der Waals surface area contributed by atoms with Crippen LogP contribution in [-0.4, -0.2) is 11.4 Å². The molecule has 0 spiro atoms. The minimum atomic E-state index is -0.438. The maximum Gasteiger partial charge on any atom is 0.225 e. The van der Waals surface area contributed by atoms with Crippen molar-refractivity contribution in [1.29, 1.82) is 0 Å². The highest BCUT2D eigenvalue weighted by molar-refractivity contribution is 5.86. The Labute approximate surface area is 54.4 Å². The van der Waals surface area contributed by atoms with E-state index in [-0.39, 0.29) is 11.4 Å². The van der Waals surface area contributed by atoms with Crippen molar-refractivity contribution in [1.82, 2.24) is 0 Å². The van der Waals surface area contributed by atoms with Crippen LogP contribution in [0.3, 0.4) is 0 Å². The zero-order chi connectivity index (χ0) is 7.28. The fraction of sp³-hybridized carbons (Fsp3) is 0.833. The van der Waals surface area contributed by atoms with Gasteiger partial charge in [-0.2, -0.15) is 0 Å². The highest BCUT2D eigenvalue weighted by Crippen LogP contribution is 2.53. The van der Waals surface area contributed by atoms with E-state index in [4.69, 9.17) is 11.5 Å². The number of hydrogen-bond donors (Lipinski definition) is 2. The molecule has 2 unspecified atom stereocenters. The fourth-order valence-electron chi connectivity index (χ4n) is 1.06. The molecular formula is C6H12N2O. The number of carbonyl (C=O) groups excluding carboxylic acids is 1. The number of rotatable bonds is 1. The maximum atomic E-state index is 10.6. The van der Waals surface area contributed by atoms with E-state index < -0.39 is 5.41 Å². The normalized spacial score (nSPS) is 48.8. The predicted molar refractivity (Wildman–Crippen MR) is 34.5 cm³/mol. The summed E-state index contributed by atoms with van der Waals surface area (Å²) in [5.41, 5.74) is 9.95. The molecule has 2 atom stereocenters. The molecule has 1 rings (SSSR count). The lowest BCUT2D eigenvalue weighted by Crippen LogP contribution is -2.34. The first-order valence-electron chi connectivity index (χ1n) is 2.99. The molecule has 0 aromatic carbocycles. The summed E-state index contributed by atoms with van der Waals surface area (Å²) in [4.78, 5) is 10.6. The highest BCUT2D eigenvalue weighted by atomic mass is 16.1. The third-order valence-electron chi connectivity index (χ3n) is 2.40. The van der Waals surface area contributed by atoms with Crippen LogP contribution in [0.4, 0.5) is 0 Å². The fourth-order valence-corrected chi connectivity index (χ4v) is 1.06. The monoisotopic (exact) mass is 128 g/mol. The lowest BCUT2D eigenvalue weighted by molar-refractivity contribution is -0.123. The van der Waals surface area contributed by atoms with Crippen molar-refractivity contribution >= 4 is 5.91 Å². The van der Waals surface area contributed by atoms with Crippen LogP contribution < -0.4 is 11.5 Å². The summed E-state index contributed by atoms with van der Waals surface area (Å²) in [6, 6.07) is 0. The number of carbonyl (C=O) groups is 1. The molecule has 0 aromatic heterocycles. The molecule has 1 fully saturated rings. The zero-order valence-corrected chi connectivity index (χ0v) is 5.77. The Kier molecular flexibility index (Phi) is 0.939. The third kappa shape index (κ3) is 0.645. The average molecular weight is 128 g/mol. The standard InChI is InChI=1S/C6H12N2O/c1-5(4(7)9)3-6(5,2)8/h3,8H2,1-2H3,(H2,7,9). The van der Waals surface area contributed by atoms with Crippen molar-refractivity contribution < 1.29 is 4.79 Å². The van der Waals surface area contributed by atoms with Gasteiger partial charge in [-0.05, 0) is 20.3 Å². The second kappa shape index (κ2) is 1.29. The summed E-state index contributed by atoms with van der Waals surface area (Å²) in [6.07, 6.45) is 0.718. The highest BCUT2D eigenvalue weighted by Gasteiger charge is 2.62. The molecule has 1 saturated carbocycles. The molecule has 1 aliphatic rings. The van der Waals surface area contributed by atoms with Crippen LogP contribution in [0.1, 0.15) is 20.3 Å². The Morgan fingerprint density at radius 3 is 1.89 bits per heavy atom. The minimum Gasteiger partial charge on any atom is -0.369 e. The second-order valence-corrected chi connectivity index (χ2v) is 3.29. The third-order valence-corrected chi connectivity index (χ3v) is 2.40. The minimum absolute atomic E-state index is 0.285. The van der Waals surface area contributed by atoms with Crippen LogP contribution in [0.2, 0.25) is 0 Å².